The van der Waals surface area contributed by atoms with Crippen LogP contribution in [0.3, 0.4) is 0 Å². The van der Waals surface area contributed by atoms with E-state index in [0.29, 0.717) is 26.4 Å². The van der Waals surface area contributed by atoms with Crippen molar-refractivity contribution >= 4 is 0 Å². The van der Waals surface area contributed by atoms with Gasteiger partial charge in [0.15, 0.2) is 6.29 Å². The summed E-state index contributed by atoms with van der Waals surface area (Å²) in [6, 6.07) is 30.4. The molecule has 5 atom stereocenters. The fourth-order valence-corrected chi connectivity index (χ4v) is 4.03. The Morgan fingerprint density at radius 2 is 1.06 bits per heavy atom. The van der Waals surface area contributed by atoms with Crippen molar-refractivity contribution in [2.75, 3.05) is 6.61 Å². The summed E-state index contributed by atoms with van der Waals surface area (Å²) in [5.74, 6) is 0. The van der Waals surface area contributed by atoms with E-state index in [2.05, 4.69) is 36.4 Å². The van der Waals surface area contributed by atoms with Crippen molar-refractivity contribution in [3.05, 3.63) is 108 Å². The average Bonchev–Trinajstić information content (AvgIpc) is 3.63. The zero-order valence-electron chi connectivity index (χ0n) is 17.9. The van der Waals surface area contributed by atoms with Crippen LogP contribution in [-0.4, -0.2) is 37.3 Å². The molecule has 2 aliphatic heterocycles. The van der Waals surface area contributed by atoms with Crippen LogP contribution in [0.15, 0.2) is 91.0 Å². The number of hydrogen-bond acceptors (Lipinski definition) is 5. The molecule has 0 amide bonds. The van der Waals surface area contributed by atoms with Gasteiger partial charge in [0.05, 0.1) is 26.4 Å². The van der Waals surface area contributed by atoms with E-state index in [0.717, 1.165) is 16.7 Å². The minimum Gasteiger partial charge on any atom is -0.374 e. The predicted molar refractivity (Wildman–Crippen MR) is 120 cm³/mol. The number of hydrogen-bond donors (Lipinski definition) is 0. The summed E-state index contributed by atoms with van der Waals surface area (Å²) >= 11 is 0. The molecule has 0 N–H and O–H groups in total. The Hall–Kier alpha value is -2.54. The van der Waals surface area contributed by atoms with Crippen LogP contribution >= 0.6 is 0 Å². The lowest BCUT2D eigenvalue weighted by molar-refractivity contribution is -0.192. The second kappa shape index (κ2) is 10.4. The van der Waals surface area contributed by atoms with Crippen LogP contribution in [0.5, 0.6) is 0 Å². The van der Waals surface area contributed by atoms with Crippen LogP contribution in [0.2, 0.25) is 0 Å². The van der Waals surface area contributed by atoms with Crippen LogP contribution < -0.4 is 0 Å². The lowest BCUT2D eigenvalue weighted by Crippen LogP contribution is -2.52. The van der Waals surface area contributed by atoms with Crippen molar-refractivity contribution < 1.29 is 23.7 Å². The number of ether oxygens (including phenoxy) is 5. The molecule has 1 unspecified atom stereocenters. The maximum atomic E-state index is 6.37. The van der Waals surface area contributed by atoms with E-state index in [1.165, 1.54) is 0 Å². The largest absolute Gasteiger partial charge is 0.374 e. The topological polar surface area (TPSA) is 49.5 Å². The van der Waals surface area contributed by atoms with Gasteiger partial charge in [0.2, 0.25) is 0 Å². The van der Waals surface area contributed by atoms with E-state index in [1.807, 2.05) is 54.6 Å². The lowest BCUT2D eigenvalue weighted by atomic mass is 10.0. The van der Waals surface area contributed by atoms with Gasteiger partial charge in [0, 0.05) is 0 Å². The normalized spacial score (nSPS) is 26.4. The van der Waals surface area contributed by atoms with Gasteiger partial charge in [-0.2, -0.15) is 0 Å². The highest BCUT2D eigenvalue weighted by Gasteiger charge is 2.58. The molecule has 2 fully saturated rings. The SMILES string of the molecule is c1ccc(COC[C@H]2OC3O[C@@H]3[C@@H](OCc3ccccc3)[C@H]2OCc2ccccc2)cc1. The van der Waals surface area contributed by atoms with Crippen molar-refractivity contribution in [1.82, 2.24) is 0 Å². The van der Waals surface area contributed by atoms with Crippen LogP contribution in [0, 0.1) is 0 Å². The Labute approximate surface area is 188 Å². The zero-order chi connectivity index (χ0) is 21.6. The van der Waals surface area contributed by atoms with E-state index in [1.54, 1.807) is 0 Å². The molecule has 166 valence electrons. The van der Waals surface area contributed by atoms with E-state index < -0.39 is 0 Å². The van der Waals surface area contributed by atoms with Gasteiger partial charge in [-0.05, 0) is 16.7 Å². The highest BCUT2D eigenvalue weighted by atomic mass is 16.8. The number of epoxide rings is 1. The molecular formula is C27H28O5. The molecule has 0 bridgehead atoms. The molecule has 3 aromatic rings. The number of rotatable bonds is 10. The summed E-state index contributed by atoms with van der Waals surface area (Å²) in [6.07, 6.45) is -1.14. The Bertz CT molecular complexity index is 950. The van der Waals surface area contributed by atoms with Crippen LogP contribution in [-0.2, 0) is 43.5 Å². The summed E-state index contributed by atoms with van der Waals surface area (Å²) < 4.78 is 30.6. The van der Waals surface area contributed by atoms with Gasteiger partial charge in [-0.3, -0.25) is 0 Å². The van der Waals surface area contributed by atoms with Crippen molar-refractivity contribution in [2.45, 2.75) is 50.5 Å². The first kappa shape index (κ1) is 21.3. The van der Waals surface area contributed by atoms with Gasteiger partial charge < -0.3 is 23.7 Å². The summed E-state index contributed by atoms with van der Waals surface area (Å²) in [5.41, 5.74) is 3.36. The first-order chi connectivity index (χ1) is 15.9. The summed E-state index contributed by atoms with van der Waals surface area (Å²) in [5, 5.41) is 0. The van der Waals surface area contributed by atoms with Gasteiger partial charge in [-0.15, -0.1) is 0 Å². The molecule has 0 aliphatic carbocycles. The zero-order valence-corrected chi connectivity index (χ0v) is 17.9. The van der Waals surface area contributed by atoms with Crippen LogP contribution in [0.1, 0.15) is 16.7 Å². The molecule has 5 rings (SSSR count). The van der Waals surface area contributed by atoms with E-state index in [-0.39, 0.29) is 30.7 Å². The molecule has 2 aliphatic rings. The smallest absolute Gasteiger partial charge is 0.187 e. The quantitative estimate of drug-likeness (QED) is 0.442. The Balaban J connectivity index is 1.26. The third-order valence-corrected chi connectivity index (χ3v) is 5.77. The highest BCUT2D eigenvalue weighted by molar-refractivity contribution is 5.15. The third kappa shape index (κ3) is 5.44. The molecule has 0 aromatic heterocycles. The van der Waals surface area contributed by atoms with Crippen molar-refractivity contribution in [3.8, 4) is 0 Å². The maximum absolute atomic E-state index is 6.37. The van der Waals surface area contributed by atoms with Gasteiger partial charge in [-0.1, -0.05) is 91.0 Å². The molecule has 5 nitrogen and oxygen atoms in total. The van der Waals surface area contributed by atoms with Gasteiger partial charge in [0.25, 0.3) is 0 Å². The van der Waals surface area contributed by atoms with Crippen LogP contribution in [0.4, 0.5) is 0 Å². The molecule has 0 spiro atoms. The van der Waals surface area contributed by atoms with Crippen molar-refractivity contribution in [1.29, 1.82) is 0 Å². The molecule has 3 aromatic carbocycles. The van der Waals surface area contributed by atoms with Crippen molar-refractivity contribution in [2.24, 2.45) is 0 Å². The van der Waals surface area contributed by atoms with Gasteiger partial charge in [0.1, 0.15) is 24.4 Å². The van der Waals surface area contributed by atoms with Gasteiger partial charge >= 0.3 is 0 Å². The average molecular weight is 433 g/mol. The Kier molecular flexibility index (Phi) is 6.92. The second-order valence-electron chi connectivity index (χ2n) is 8.17. The fourth-order valence-electron chi connectivity index (χ4n) is 4.03. The monoisotopic (exact) mass is 432 g/mol. The second-order valence-corrected chi connectivity index (χ2v) is 8.17. The lowest BCUT2D eigenvalue weighted by Gasteiger charge is -2.35. The number of fused-ring (bicyclic) bond motifs is 1. The molecule has 0 saturated carbocycles. The molecule has 32 heavy (non-hydrogen) atoms. The minimum absolute atomic E-state index is 0.107. The standard InChI is InChI=1S/C27H28O5/c1-4-10-20(11-5-1)16-28-19-23-24(29-17-21-12-6-2-7-13-21)25(26-27(31-23)32-26)30-18-22-14-8-3-9-15-22/h1-15,23-27H,16-19H2/t23-,24+,25+,26-,27?/m1/s1. The Morgan fingerprint density at radius 1 is 0.562 bits per heavy atom. The third-order valence-electron chi connectivity index (χ3n) is 5.77. The first-order valence-corrected chi connectivity index (χ1v) is 11.1. The summed E-state index contributed by atoms with van der Waals surface area (Å²) in [4.78, 5) is 0. The number of benzene rings is 3. The molecule has 2 saturated heterocycles. The van der Waals surface area contributed by atoms with Crippen LogP contribution in [0.25, 0.3) is 0 Å². The van der Waals surface area contributed by atoms with Crippen molar-refractivity contribution in [3.63, 3.8) is 0 Å². The minimum atomic E-state index is -0.293. The molecular weight excluding hydrogens is 404 g/mol. The fraction of sp³-hybridized carbons (Fsp3) is 0.333. The molecule has 2 heterocycles. The maximum Gasteiger partial charge on any atom is 0.187 e. The molecule has 0 radical (unpaired) electrons. The molecule has 5 heteroatoms. The first-order valence-electron chi connectivity index (χ1n) is 11.1. The van der Waals surface area contributed by atoms with Gasteiger partial charge in [-0.25, -0.2) is 0 Å². The van der Waals surface area contributed by atoms with E-state index in [9.17, 15) is 0 Å². The highest BCUT2D eigenvalue weighted by Crippen LogP contribution is 2.39. The summed E-state index contributed by atoms with van der Waals surface area (Å²) in [6.45, 7) is 1.91. The Morgan fingerprint density at radius 3 is 1.62 bits per heavy atom. The predicted octanol–water partition coefficient (Wildman–Crippen LogP) is 4.50. The summed E-state index contributed by atoms with van der Waals surface area (Å²) in [7, 11) is 0. The van der Waals surface area contributed by atoms with E-state index in [4.69, 9.17) is 23.7 Å². The van der Waals surface area contributed by atoms with E-state index >= 15 is 0 Å².